The van der Waals surface area contributed by atoms with Crippen molar-refractivity contribution in [3.05, 3.63) is 59.7 Å². The molecule has 1 N–H and O–H groups in total. The van der Waals surface area contributed by atoms with Crippen LogP contribution in [0.5, 0.6) is 11.5 Å². The van der Waals surface area contributed by atoms with Crippen LogP contribution >= 0.6 is 0 Å². The van der Waals surface area contributed by atoms with Gasteiger partial charge in [-0.2, -0.15) is 0 Å². The van der Waals surface area contributed by atoms with Crippen LogP contribution in [0.2, 0.25) is 0 Å². The van der Waals surface area contributed by atoms with Crippen LogP contribution in [0.1, 0.15) is 47.5 Å². The van der Waals surface area contributed by atoms with Crippen LogP contribution in [0, 0.1) is 0 Å². The van der Waals surface area contributed by atoms with Gasteiger partial charge in [0.05, 0.1) is 14.2 Å². The summed E-state index contributed by atoms with van der Waals surface area (Å²) in [5.74, 6) is 1.78. The van der Waals surface area contributed by atoms with Crippen LogP contribution in [-0.2, 0) is 0 Å². The van der Waals surface area contributed by atoms with Crippen molar-refractivity contribution in [2.45, 2.75) is 37.6 Å². The van der Waals surface area contributed by atoms with Crippen LogP contribution in [-0.4, -0.2) is 26.2 Å². The molecule has 3 rings (SSSR count). The third-order valence-corrected chi connectivity index (χ3v) is 4.95. The number of methoxy groups -OCH3 is 2. The van der Waals surface area contributed by atoms with Gasteiger partial charge < -0.3 is 14.8 Å². The quantitative estimate of drug-likeness (QED) is 0.890. The van der Waals surface area contributed by atoms with Crippen molar-refractivity contribution in [3.8, 4) is 11.5 Å². The van der Waals surface area contributed by atoms with Gasteiger partial charge in [-0.3, -0.25) is 4.79 Å². The topological polar surface area (TPSA) is 47.6 Å². The maximum atomic E-state index is 12.6. The molecule has 0 heterocycles. The Morgan fingerprint density at radius 1 is 0.920 bits per heavy atom. The fourth-order valence-corrected chi connectivity index (χ4v) is 3.50. The Hall–Kier alpha value is -2.49. The number of benzene rings is 2. The molecule has 2 aromatic carbocycles. The number of carbonyl (C=O) groups is 1. The predicted molar refractivity (Wildman–Crippen MR) is 98.5 cm³/mol. The Morgan fingerprint density at radius 3 is 2.08 bits per heavy atom. The number of hydrogen-bond acceptors (Lipinski definition) is 3. The van der Waals surface area contributed by atoms with Gasteiger partial charge in [0.25, 0.3) is 5.91 Å². The SMILES string of the molecule is COc1cc(OC)cc(C(=O)NC2CCC(c3ccccc3)CC2)c1. The molecule has 1 aliphatic carbocycles. The van der Waals surface area contributed by atoms with E-state index in [9.17, 15) is 4.79 Å². The predicted octanol–water partition coefficient (Wildman–Crippen LogP) is 4.16. The molecule has 0 spiro atoms. The number of carbonyl (C=O) groups excluding carboxylic acids is 1. The highest BCUT2D eigenvalue weighted by atomic mass is 16.5. The van der Waals surface area contributed by atoms with E-state index in [1.807, 2.05) is 0 Å². The summed E-state index contributed by atoms with van der Waals surface area (Å²) in [5.41, 5.74) is 1.98. The summed E-state index contributed by atoms with van der Waals surface area (Å²) >= 11 is 0. The molecule has 0 aliphatic heterocycles. The minimum Gasteiger partial charge on any atom is -0.497 e. The molecule has 0 bridgehead atoms. The molecule has 1 fully saturated rings. The lowest BCUT2D eigenvalue weighted by atomic mass is 9.82. The molecule has 0 unspecified atom stereocenters. The first-order valence-electron chi connectivity index (χ1n) is 8.78. The Labute approximate surface area is 149 Å². The van der Waals surface area contributed by atoms with Crippen molar-refractivity contribution < 1.29 is 14.3 Å². The van der Waals surface area contributed by atoms with Gasteiger partial charge in [0.15, 0.2) is 0 Å². The number of rotatable bonds is 5. The van der Waals surface area contributed by atoms with Crippen molar-refractivity contribution in [2.75, 3.05) is 14.2 Å². The highest BCUT2D eigenvalue weighted by molar-refractivity contribution is 5.95. The zero-order valence-corrected chi connectivity index (χ0v) is 14.8. The Balaban J connectivity index is 1.59. The second kappa shape index (κ2) is 8.06. The summed E-state index contributed by atoms with van der Waals surface area (Å²) < 4.78 is 10.5. The molecule has 1 aliphatic rings. The Kier molecular flexibility index (Phi) is 5.59. The average molecular weight is 339 g/mol. The molecule has 0 saturated heterocycles. The molecule has 4 heteroatoms. The van der Waals surface area contributed by atoms with Crippen molar-refractivity contribution in [1.29, 1.82) is 0 Å². The summed E-state index contributed by atoms with van der Waals surface area (Å²) in [5, 5.41) is 3.16. The first-order valence-corrected chi connectivity index (χ1v) is 8.78. The number of nitrogens with one attached hydrogen (secondary N) is 1. The van der Waals surface area contributed by atoms with Crippen molar-refractivity contribution in [3.63, 3.8) is 0 Å². The first kappa shape index (κ1) is 17.3. The van der Waals surface area contributed by atoms with E-state index in [-0.39, 0.29) is 11.9 Å². The van der Waals surface area contributed by atoms with E-state index >= 15 is 0 Å². The summed E-state index contributed by atoms with van der Waals surface area (Å²) in [7, 11) is 3.17. The summed E-state index contributed by atoms with van der Waals surface area (Å²) in [4.78, 5) is 12.6. The molecule has 0 aromatic heterocycles. The molecule has 25 heavy (non-hydrogen) atoms. The van der Waals surface area contributed by atoms with E-state index in [0.29, 0.717) is 23.0 Å². The zero-order valence-electron chi connectivity index (χ0n) is 14.8. The highest BCUT2D eigenvalue weighted by Crippen LogP contribution is 2.33. The minimum absolute atomic E-state index is 0.0691. The van der Waals surface area contributed by atoms with Gasteiger partial charge in [0.1, 0.15) is 11.5 Å². The molecule has 132 valence electrons. The van der Waals surface area contributed by atoms with Gasteiger partial charge in [-0.25, -0.2) is 0 Å². The van der Waals surface area contributed by atoms with Gasteiger partial charge in [-0.15, -0.1) is 0 Å². The lowest BCUT2D eigenvalue weighted by Crippen LogP contribution is -2.37. The fraction of sp³-hybridized carbons (Fsp3) is 0.381. The van der Waals surface area contributed by atoms with Crippen molar-refractivity contribution >= 4 is 5.91 Å². The molecule has 0 atom stereocenters. The zero-order chi connectivity index (χ0) is 17.6. The maximum absolute atomic E-state index is 12.6. The van der Waals surface area contributed by atoms with Gasteiger partial charge in [0, 0.05) is 17.7 Å². The van der Waals surface area contributed by atoms with Gasteiger partial charge in [-0.05, 0) is 49.3 Å². The number of ether oxygens (including phenoxy) is 2. The van der Waals surface area contributed by atoms with Crippen molar-refractivity contribution in [2.24, 2.45) is 0 Å². The molecule has 2 aromatic rings. The minimum atomic E-state index is -0.0691. The fourth-order valence-electron chi connectivity index (χ4n) is 3.50. The third kappa shape index (κ3) is 4.32. The molecular weight excluding hydrogens is 314 g/mol. The van der Waals surface area contributed by atoms with E-state index in [1.54, 1.807) is 32.4 Å². The van der Waals surface area contributed by atoms with Gasteiger partial charge in [0.2, 0.25) is 0 Å². The average Bonchev–Trinajstić information content (AvgIpc) is 2.68. The summed E-state index contributed by atoms with van der Waals surface area (Å²) in [6, 6.07) is 16.1. The summed E-state index contributed by atoms with van der Waals surface area (Å²) in [6.45, 7) is 0. The monoisotopic (exact) mass is 339 g/mol. The van der Waals surface area contributed by atoms with E-state index < -0.39 is 0 Å². The standard InChI is InChI=1S/C21H25NO3/c1-24-19-12-17(13-20(14-19)25-2)21(23)22-18-10-8-16(9-11-18)15-6-4-3-5-7-15/h3-7,12-14,16,18H,8-11H2,1-2H3,(H,22,23). The van der Waals surface area contributed by atoms with Crippen LogP contribution in [0.4, 0.5) is 0 Å². The molecule has 1 saturated carbocycles. The van der Waals surface area contributed by atoms with Gasteiger partial charge in [-0.1, -0.05) is 30.3 Å². The Bertz CT molecular complexity index is 684. The number of amides is 1. The largest absolute Gasteiger partial charge is 0.497 e. The second-order valence-electron chi connectivity index (χ2n) is 6.53. The highest BCUT2D eigenvalue weighted by Gasteiger charge is 2.24. The lowest BCUT2D eigenvalue weighted by Gasteiger charge is -2.29. The summed E-state index contributed by atoms with van der Waals surface area (Å²) in [6.07, 6.45) is 4.23. The smallest absolute Gasteiger partial charge is 0.251 e. The first-order chi connectivity index (χ1) is 12.2. The van der Waals surface area contributed by atoms with E-state index in [4.69, 9.17) is 9.47 Å². The van der Waals surface area contributed by atoms with Crippen LogP contribution in [0.3, 0.4) is 0 Å². The second-order valence-corrected chi connectivity index (χ2v) is 6.53. The molecule has 0 radical (unpaired) electrons. The van der Waals surface area contributed by atoms with Gasteiger partial charge >= 0.3 is 0 Å². The third-order valence-electron chi connectivity index (χ3n) is 4.95. The maximum Gasteiger partial charge on any atom is 0.251 e. The van der Waals surface area contributed by atoms with Crippen molar-refractivity contribution in [1.82, 2.24) is 5.32 Å². The van der Waals surface area contributed by atoms with Crippen LogP contribution in [0.15, 0.2) is 48.5 Å². The molecule has 4 nitrogen and oxygen atoms in total. The van der Waals surface area contributed by atoms with E-state index in [1.165, 1.54) is 5.56 Å². The van der Waals surface area contributed by atoms with E-state index in [2.05, 4.69) is 35.6 Å². The number of hydrogen-bond donors (Lipinski definition) is 1. The van der Waals surface area contributed by atoms with Crippen LogP contribution < -0.4 is 14.8 Å². The Morgan fingerprint density at radius 2 is 1.52 bits per heavy atom. The van der Waals surface area contributed by atoms with Crippen LogP contribution in [0.25, 0.3) is 0 Å². The molecular formula is C21H25NO3. The molecule has 1 amide bonds. The normalized spacial score (nSPS) is 19.9. The van der Waals surface area contributed by atoms with E-state index in [0.717, 1.165) is 25.7 Å². The lowest BCUT2D eigenvalue weighted by molar-refractivity contribution is 0.0925.